The molecular weight excluding hydrogens is 166 g/mol. The van der Waals surface area contributed by atoms with Crippen LogP contribution in [0, 0.1) is 0 Å². The molecule has 0 amide bonds. The van der Waals surface area contributed by atoms with Gasteiger partial charge in [-0.25, -0.2) is 4.98 Å². The lowest BCUT2D eigenvalue weighted by Gasteiger charge is -2.05. The van der Waals surface area contributed by atoms with Crippen LogP contribution in [0.4, 0.5) is 0 Å². The Morgan fingerprint density at radius 1 is 1.25 bits per heavy atom. The summed E-state index contributed by atoms with van der Waals surface area (Å²) >= 11 is 1.79. The van der Waals surface area contributed by atoms with E-state index in [2.05, 4.69) is 37.0 Å². The summed E-state index contributed by atoms with van der Waals surface area (Å²) < 4.78 is 0. The van der Waals surface area contributed by atoms with Crippen LogP contribution in [0.25, 0.3) is 10.6 Å². The summed E-state index contributed by atoms with van der Waals surface area (Å²) in [4.78, 5) is 5.68. The molecule has 0 bridgehead atoms. The van der Waals surface area contributed by atoms with E-state index in [0.29, 0.717) is 5.92 Å². The highest BCUT2D eigenvalue weighted by Crippen LogP contribution is 2.30. The largest absolute Gasteiger partial charge is 0.245 e. The molecule has 2 heteroatoms. The lowest BCUT2D eigenvalue weighted by atomic mass is 10.2. The second-order valence-electron chi connectivity index (χ2n) is 3.20. The number of fused-ring (bicyclic) bond motifs is 1. The molecule has 12 heavy (non-hydrogen) atoms. The average Bonchev–Trinajstić information content (AvgIpc) is 2.49. The van der Waals surface area contributed by atoms with Crippen LogP contribution in [0.2, 0.25) is 0 Å². The van der Waals surface area contributed by atoms with Gasteiger partial charge in [-0.15, -0.1) is 11.3 Å². The summed E-state index contributed by atoms with van der Waals surface area (Å²) in [5, 5.41) is 1.15. The molecule has 0 aromatic rings. The third kappa shape index (κ3) is 1.23. The van der Waals surface area contributed by atoms with Crippen LogP contribution in [-0.4, -0.2) is 4.98 Å². The first kappa shape index (κ1) is 7.74. The molecule has 62 valence electrons. The lowest BCUT2D eigenvalue weighted by Crippen LogP contribution is -1.84. The van der Waals surface area contributed by atoms with Gasteiger partial charge in [0.1, 0.15) is 5.01 Å². The number of nitrogens with zero attached hydrogens (tertiary/aromatic N) is 1. The van der Waals surface area contributed by atoms with Gasteiger partial charge < -0.3 is 0 Å². The quantitative estimate of drug-likeness (QED) is 0.650. The average molecular weight is 177 g/mol. The SMILES string of the molecule is CC(C)c1ccc2ccnc-2s1. The Morgan fingerprint density at radius 2 is 2.08 bits per heavy atom. The Morgan fingerprint density at radius 3 is 2.83 bits per heavy atom. The Balaban J connectivity index is 2.54. The van der Waals surface area contributed by atoms with E-state index in [1.165, 1.54) is 10.4 Å². The first-order chi connectivity index (χ1) is 5.77. The van der Waals surface area contributed by atoms with Crippen molar-refractivity contribution < 1.29 is 0 Å². The standard InChI is InChI=1S/C10H11NS/c1-7(2)9-4-3-8-5-6-11-10(8)12-9/h3-7H,1-2H3. The van der Waals surface area contributed by atoms with Crippen LogP contribution < -0.4 is 0 Å². The molecule has 0 N–H and O–H groups in total. The zero-order chi connectivity index (χ0) is 8.55. The van der Waals surface area contributed by atoms with Crippen LogP contribution in [0.5, 0.6) is 0 Å². The minimum absolute atomic E-state index is 0.607. The Hall–Kier alpha value is -0.890. The molecule has 0 aliphatic carbocycles. The number of hydrogen-bond donors (Lipinski definition) is 0. The van der Waals surface area contributed by atoms with Gasteiger partial charge in [0.05, 0.1) is 0 Å². The van der Waals surface area contributed by atoms with Gasteiger partial charge in [-0.3, -0.25) is 0 Å². The summed E-state index contributed by atoms with van der Waals surface area (Å²) in [6.45, 7) is 4.42. The van der Waals surface area contributed by atoms with Gasteiger partial charge in [-0.2, -0.15) is 0 Å². The second kappa shape index (κ2) is 2.87. The van der Waals surface area contributed by atoms with E-state index in [0.717, 1.165) is 5.01 Å². The molecule has 1 nitrogen and oxygen atoms in total. The van der Waals surface area contributed by atoms with Crippen LogP contribution in [0.15, 0.2) is 24.4 Å². The lowest BCUT2D eigenvalue weighted by molar-refractivity contribution is 0.888. The van der Waals surface area contributed by atoms with E-state index in [4.69, 9.17) is 0 Å². The summed E-state index contributed by atoms with van der Waals surface area (Å²) in [7, 11) is 0. The Labute approximate surface area is 76.4 Å². The summed E-state index contributed by atoms with van der Waals surface area (Å²) in [5.41, 5.74) is 1.25. The predicted molar refractivity (Wildman–Crippen MR) is 52.8 cm³/mol. The maximum Gasteiger partial charge on any atom is 0.123 e. The zero-order valence-electron chi connectivity index (χ0n) is 7.24. The number of hydrogen-bond acceptors (Lipinski definition) is 2. The van der Waals surface area contributed by atoms with Gasteiger partial charge >= 0.3 is 0 Å². The monoisotopic (exact) mass is 177 g/mol. The van der Waals surface area contributed by atoms with Crippen molar-refractivity contribution in [2.24, 2.45) is 0 Å². The smallest absolute Gasteiger partial charge is 0.123 e. The molecular formula is C10H11NS. The molecule has 0 radical (unpaired) electrons. The van der Waals surface area contributed by atoms with Crippen LogP contribution in [-0.2, 0) is 0 Å². The summed E-state index contributed by atoms with van der Waals surface area (Å²) in [6.07, 6.45) is 1.87. The normalized spacial score (nSPS) is 11.2. The second-order valence-corrected chi connectivity index (χ2v) is 4.26. The maximum absolute atomic E-state index is 4.28. The van der Waals surface area contributed by atoms with Gasteiger partial charge in [-0.1, -0.05) is 19.9 Å². The molecule has 0 fully saturated rings. The van der Waals surface area contributed by atoms with Gasteiger partial charge in [0.15, 0.2) is 0 Å². The predicted octanol–water partition coefficient (Wildman–Crippen LogP) is 3.37. The van der Waals surface area contributed by atoms with E-state index in [-0.39, 0.29) is 0 Å². The van der Waals surface area contributed by atoms with Crippen molar-refractivity contribution in [2.75, 3.05) is 0 Å². The van der Waals surface area contributed by atoms with Crippen molar-refractivity contribution in [3.05, 3.63) is 29.3 Å². The van der Waals surface area contributed by atoms with Crippen molar-refractivity contribution in [1.29, 1.82) is 0 Å². The van der Waals surface area contributed by atoms with E-state index in [1.54, 1.807) is 11.3 Å². The highest BCUT2D eigenvalue weighted by molar-refractivity contribution is 7.14. The van der Waals surface area contributed by atoms with Crippen LogP contribution in [0.3, 0.4) is 0 Å². The van der Waals surface area contributed by atoms with Crippen LogP contribution >= 0.6 is 11.3 Å². The van der Waals surface area contributed by atoms with E-state index in [1.807, 2.05) is 6.20 Å². The van der Waals surface area contributed by atoms with Crippen molar-refractivity contribution in [3.8, 4) is 10.6 Å². The molecule has 0 saturated heterocycles. The first-order valence-electron chi connectivity index (χ1n) is 4.12. The van der Waals surface area contributed by atoms with Gasteiger partial charge in [0.2, 0.25) is 0 Å². The summed E-state index contributed by atoms with van der Waals surface area (Å²) in [5.74, 6) is 0.607. The van der Waals surface area contributed by atoms with Crippen LogP contribution in [0.1, 0.15) is 24.6 Å². The van der Waals surface area contributed by atoms with Gasteiger partial charge in [0, 0.05) is 16.6 Å². The molecule has 2 aliphatic rings. The highest BCUT2D eigenvalue weighted by Gasteiger charge is 2.06. The Kier molecular flexibility index (Phi) is 1.85. The highest BCUT2D eigenvalue weighted by atomic mass is 32.1. The summed E-state index contributed by atoms with van der Waals surface area (Å²) in [6, 6.07) is 6.39. The molecule has 0 unspecified atom stereocenters. The van der Waals surface area contributed by atoms with Crippen molar-refractivity contribution in [3.63, 3.8) is 0 Å². The van der Waals surface area contributed by atoms with Crippen molar-refractivity contribution in [2.45, 2.75) is 19.8 Å². The van der Waals surface area contributed by atoms with Crippen molar-refractivity contribution in [1.82, 2.24) is 4.98 Å². The molecule has 0 saturated carbocycles. The molecule has 2 heterocycles. The fourth-order valence-corrected chi connectivity index (χ4v) is 2.13. The minimum Gasteiger partial charge on any atom is -0.245 e. The fraction of sp³-hybridized carbons (Fsp3) is 0.300. The molecule has 0 aromatic carbocycles. The zero-order valence-corrected chi connectivity index (χ0v) is 8.06. The minimum atomic E-state index is 0.607. The fourth-order valence-electron chi connectivity index (χ4n) is 1.17. The molecule has 0 aromatic heterocycles. The van der Waals surface area contributed by atoms with Gasteiger partial charge in [0.25, 0.3) is 0 Å². The van der Waals surface area contributed by atoms with Gasteiger partial charge in [-0.05, 0) is 18.1 Å². The first-order valence-corrected chi connectivity index (χ1v) is 4.93. The third-order valence-electron chi connectivity index (χ3n) is 1.90. The van der Waals surface area contributed by atoms with E-state index in [9.17, 15) is 0 Å². The van der Waals surface area contributed by atoms with Crippen molar-refractivity contribution >= 4 is 11.3 Å². The number of aromatic nitrogens is 1. The van der Waals surface area contributed by atoms with E-state index >= 15 is 0 Å². The Bertz CT molecular complexity index is 351. The molecule has 2 aliphatic heterocycles. The molecule has 0 spiro atoms. The van der Waals surface area contributed by atoms with E-state index < -0.39 is 0 Å². The maximum atomic E-state index is 4.28. The molecule has 0 atom stereocenters. The topological polar surface area (TPSA) is 12.9 Å². The molecule has 2 rings (SSSR count). The number of rotatable bonds is 1. The third-order valence-corrected chi connectivity index (χ3v) is 3.28.